The molecule has 0 radical (unpaired) electrons. The van der Waals surface area contributed by atoms with Gasteiger partial charge in [-0.15, -0.1) is 10.2 Å². The molecule has 2 heterocycles. The third-order valence-electron chi connectivity index (χ3n) is 3.31. The summed E-state index contributed by atoms with van der Waals surface area (Å²) in [5, 5.41) is 8.15. The fourth-order valence-corrected chi connectivity index (χ4v) is 3.32. The Labute approximate surface area is 139 Å². The van der Waals surface area contributed by atoms with Gasteiger partial charge in [0, 0.05) is 11.4 Å². The summed E-state index contributed by atoms with van der Waals surface area (Å²) < 4.78 is 40.1. The summed E-state index contributed by atoms with van der Waals surface area (Å²) >= 11 is 7.23. The summed E-state index contributed by atoms with van der Waals surface area (Å²) in [5.74, 6) is 0. The normalized spacial score (nSPS) is 13.4. The highest BCUT2D eigenvalue weighted by Gasteiger charge is 2.32. The molecular formula is C15H11ClF3N3S. The van der Waals surface area contributed by atoms with Crippen LogP contribution in [0.25, 0.3) is 5.65 Å². The van der Waals surface area contributed by atoms with E-state index >= 15 is 0 Å². The molecule has 0 aliphatic carbocycles. The highest BCUT2D eigenvalue weighted by molar-refractivity contribution is 7.99. The van der Waals surface area contributed by atoms with Crippen LogP contribution in [0.3, 0.4) is 0 Å². The molecule has 0 bridgehead atoms. The lowest BCUT2D eigenvalue weighted by molar-refractivity contribution is -0.137. The lowest BCUT2D eigenvalue weighted by Gasteiger charge is -2.11. The maximum Gasteiger partial charge on any atom is 0.417 e. The first-order valence-electron chi connectivity index (χ1n) is 6.69. The number of benzene rings is 1. The first-order valence-corrected chi connectivity index (χ1v) is 7.95. The fourth-order valence-electron chi connectivity index (χ4n) is 2.12. The van der Waals surface area contributed by atoms with Gasteiger partial charge in [-0.2, -0.15) is 13.2 Å². The average molecular weight is 358 g/mol. The van der Waals surface area contributed by atoms with Crippen LogP contribution < -0.4 is 0 Å². The van der Waals surface area contributed by atoms with Crippen LogP contribution in [0.5, 0.6) is 0 Å². The van der Waals surface area contributed by atoms with Crippen molar-refractivity contribution in [3.05, 3.63) is 58.7 Å². The number of nitrogens with zero attached hydrogens (tertiary/aromatic N) is 3. The van der Waals surface area contributed by atoms with Crippen LogP contribution in [0.4, 0.5) is 13.2 Å². The first kappa shape index (κ1) is 16.1. The van der Waals surface area contributed by atoms with Crippen molar-refractivity contribution >= 4 is 29.0 Å². The van der Waals surface area contributed by atoms with E-state index in [1.54, 1.807) is 0 Å². The summed E-state index contributed by atoms with van der Waals surface area (Å²) in [7, 11) is 0. The Morgan fingerprint density at radius 2 is 1.87 bits per heavy atom. The molecule has 3 nitrogen and oxygen atoms in total. The predicted molar refractivity (Wildman–Crippen MR) is 83.7 cm³/mol. The second kappa shape index (κ2) is 6.05. The van der Waals surface area contributed by atoms with Crippen molar-refractivity contribution in [2.75, 3.05) is 0 Å². The minimum Gasteiger partial charge on any atom is -0.276 e. The van der Waals surface area contributed by atoms with Crippen LogP contribution in [0.15, 0.2) is 47.8 Å². The second-order valence-electron chi connectivity index (χ2n) is 4.92. The molecule has 1 unspecified atom stereocenters. The van der Waals surface area contributed by atoms with E-state index in [-0.39, 0.29) is 15.9 Å². The van der Waals surface area contributed by atoms with Crippen molar-refractivity contribution in [3.8, 4) is 0 Å². The first-order chi connectivity index (χ1) is 10.9. The Morgan fingerprint density at radius 3 is 2.52 bits per heavy atom. The number of pyridine rings is 1. The van der Waals surface area contributed by atoms with E-state index < -0.39 is 11.7 Å². The lowest BCUT2D eigenvalue weighted by atomic mass is 10.2. The summed E-state index contributed by atoms with van der Waals surface area (Å²) in [6.07, 6.45) is -3.50. The summed E-state index contributed by atoms with van der Waals surface area (Å²) in [5.41, 5.74) is 0.429. The Balaban J connectivity index is 2.00. The minimum absolute atomic E-state index is 0.0110. The standard InChI is InChI=1S/C15H11ClF3N3S/c1-9(10-5-3-2-4-6-10)23-14-21-20-13-12(16)7-11(8-22(13)14)15(17,18)19/h2-9H,1H3. The molecular weight excluding hydrogens is 347 g/mol. The van der Waals surface area contributed by atoms with Crippen LogP contribution in [0, 0.1) is 0 Å². The zero-order chi connectivity index (χ0) is 16.6. The van der Waals surface area contributed by atoms with Crippen LogP contribution in [0.2, 0.25) is 5.02 Å². The maximum absolute atomic E-state index is 12.9. The van der Waals surface area contributed by atoms with E-state index in [0.29, 0.717) is 5.16 Å². The summed E-state index contributed by atoms with van der Waals surface area (Å²) in [4.78, 5) is 0. The van der Waals surface area contributed by atoms with Crippen molar-refractivity contribution in [2.24, 2.45) is 0 Å². The summed E-state index contributed by atoms with van der Waals surface area (Å²) in [6.45, 7) is 1.95. The molecule has 23 heavy (non-hydrogen) atoms. The molecule has 2 aromatic heterocycles. The summed E-state index contributed by atoms with van der Waals surface area (Å²) in [6, 6.07) is 10.5. The number of halogens is 4. The Bertz CT molecular complexity index is 833. The average Bonchev–Trinajstić information content (AvgIpc) is 2.91. The number of hydrogen-bond acceptors (Lipinski definition) is 3. The number of hydrogen-bond donors (Lipinski definition) is 0. The molecule has 0 amide bonds. The van der Waals surface area contributed by atoms with Gasteiger partial charge in [-0.05, 0) is 18.6 Å². The molecule has 0 saturated carbocycles. The smallest absolute Gasteiger partial charge is 0.276 e. The molecule has 120 valence electrons. The highest BCUT2D eigenvalue weighted by atomic mass is 35.5. The van der Waals surface area contributed by atoms with Gasteiger partial charge in [0.2, 0.25) is 0 Å². The Morgan fingerprint density at radius 1 is 1.17 bits per heavy atom. The van der Waals surface area contributed by atoms with E-state index in [4.69, 9.17) is 11.6 Å². The maximum atomic E-state index is 12.9. The molecule has 0 saturated heterocycles. The van der Waals surface area contributed by atoms with Crippen molar-refractivity contribution in [1.82, 2.24) is 14.6 Å². The van der Waals surface area contributed by atoms with Crippen LogP contribution in [0.1, 0.15) is 23.3 Å². The van der Waals surface area contributed by atoms with Gasteiger partial charge >= 0.3 is 6.18 Å². The molecule has 3 aromatic rings. The van der Waals surface area contributed by atoms with Crippen molar-refractivity contribution < 1.29 is 13.2 Å². The molecule has 8 heteroatoms. The SMILES string of the molecule is CC(Sc1nnc2c(Cl)cc(C(F)(F)F)cn12)c1ccccc1. The van der Waals surface area contributed by atoms with Gasteiger partial charge in [0.05, 0.1) is 10.6 Å². The van der Waals surface area contributed by atoms with Gasteiger partial charge < -0.3 is 0 Å². The Kier molecular flexibility index (Phi) is 4.25. The van der Waals surface area contributed by atoms with Gasteiger partial charge in [0.1, 0.15) is 0 Å². The fraction of sp³-hybridized carbons (Fsp3) is 0.200. The van der Waals surface area contributed by atoms with E-state index in [9.17, 15) is 13.2 Å². The Hall–Kier alpha value is -1.73. The third-order valence-corrected chi connectivity index (χ3v) is 4.70. The van der Waals surface area contributed by atoms with Crippen LogP contribution in [-0.2, 0) is 6.18 Å². The zero-order valence-corrected chi connectivity index (χ0v) is 13.5. The minimum atomic E-state index is -4.48. The van der Waals surface area contributed by atoms with E-state index in [1.165, 1.54) is 16.2 Å². The van der Waals surface area contributed by atoms with E-state index in [2.05, 4.69) is 10.2 Å². The molecule has 0 aliphatic heterocycles. The number of aromatic nitrogens is 3. The predicted octanol–water partition coefficient (Wildman–Crippen LogP) is 5.25. The molecule has 0 N–H and O–H groups in total. The molecule has 0 fully saturated rings. The molecule has 3 rings (SSSR count). The molecule has 1 atom stereocenters. The molecule has 1 aromatic carbocycles. The van der Waals surface area contributed by atoms with Crippen LogP contribution >= 0.6 is 23.4 Å². The van der Waals surface area contributed by atoms with Gasteiger partial charge in [-0.3, -0.25) is 4.40 Å². The number of rotatable bonds is 3. The van der Waals surface area contributed by atoms with Gasteiger partial charge in [-0.1, -0.05) is 53.7 Å². The van der Waals surface area contributed by atoms with Crippen LogP contribution in [-0.4, -0.2) is 14.6 Å². The second-order valence-corrected chi connectivity index (χ2v) is 6.64. The highest BCUT2D eigenvalue weighted by Crippen LogP contribution is 2.37. The van der Waals surface area contributed by atoms with E-state index in [1.807, 2.05) is 37.3 Å². The molecule has 0 spiro atoms. The van der Waals surface area contributed by atoms with Crippen molar-refractivity contribution in [2.45, 2.75) is 23.5 Å². The van der Waals surface area contributed by atoms with Crippen molar-refractivity contribution in [1.29, 1.82) is 0 Å². The van der Waals surface area contributed by atoms with Crippen molar-refractivity contribution in [3.63, 3.8) is 0 Å². The monoisotopic (exact) mass is 357 g/mol. The van der Waals surface area contributed by atoms with E-state index in [0.717, 1.165) is 17.8 Å². The van der Waals surface area contributed by atoms with Gasteiger partial charge in [0.15, 0.2) is 10.8 Å². The largest absolute Gasteiger partial charge is 0.417 e. The zero-order valence-electron chi connectivity index (χ0n) is 11.9. The number of fused-ring (bicyclic) bond motifs is 1. The van der Waals surface area contributed by atoms with Gasteiger partial charge in [0.25, 0.3) is 0 Å². The lowest BCUT2D eigenvalue weighted by Crippen LogP contribution is -2.07. The topological polar surface area (TPSA) is 30.2 Å². The third kappa shape index (κ3) is 3.30. The molecule has 0 aliphatic rings. The quantitative estimate of drug-likeness (QED) is 0.599. The number of alkyl halides is 3. The van der Waals surface area contributed by atoms with Gasteiger partial charge in [-0.25, -0.2) is 0 Å². The number of thioether (sulfide) groups is 1.